The summed E-state index contributed by atoms with van der Waals surface area (Å²) in [7, 11) is 0. The van der Waals surface area contributed by atoms with E-state index in [1.807, 2.05) is 0 Å². The molecule has 1 amide bonds. The monoisotopic (exact) mass is 321 g/mol. The molecule has 24 heavy (non-hydrogen) atoms. The smallest absolute Gasteiger partial charge is 0.267 e. The molecular weight excluding hydrogens is 306 g/mol. The minimum Gasteiger partial charge on any atom is -0.506 e. The van der Waals surface area contributed by atoms with E-state index >= 15 is 0 Å². The second-order valence-corrected chi connectivity index (χ2v) is 4.92. The Morgan fingerprint density at radius 3 is 2.38 bits per heavy atom. The van der Waals surface area contributed by atoms with E-state index in [-0.39, 0.29) is 17.1 Å². The van der Waals surface area contributed by atoms with Crippen LogP contribution in [0.2, 0.25) is 0 Å². The predicted octanol–water partition coefficient (Wildman–Crippen LogP) is 3.05. The third-order valence-corrected chi connectivity index (χ3v) is 3.19. The summed E-state index contributed by atoms with van der Waals surface area (Å²) in [5.74, 6) is -0.667. The fraction of sp³-hybridized carbons (Fsp3) is 0.0556. The van der Waals surface area contributed by atoms with Crippen LogP contribution in [0.4, 0.5) is 11.4 Å². The fourth-order valence-corrected chi connectivity index (χ4v) is 1.88. The number of phenols is 1. The molecule has 0 spiro atoms. The van der Waals surface area contributed by atoms with Gasteiger partial charge >= 0.3 is 0 Å². The van der Waals surface area contributed by atoms with Gasteiger partial charge in [0.05, 0.1) is 5.69 Å². The van der Waals surface area contributed by atoms with E-state index in [2.05, 4.69) is 10.6 Å². The number of phenolic OH excluding ortho intramolecular Hbond substituents is 1. The highest BCUT2D eigenvalue weighted by Gasteiger charge is 2.10. The second kappa shape index (κ2) is 7.61. The van der Waals surface area contributed by atoms with Gasteiger partial charge in [-0.05, 0) is 43.3 Å². The molecule has 0 aliphatic heterocycles. The van der Waals surface area contributed by atoms with E-state index in [1.54, 1.807) is 48.5 Å². The molecular formula is C18H15N3O3. The van der Waals surface area contributed by atoms with Gasteiger partial charge in [-0.25, -0.2) is 0 Å². The Balaban J connectivity index is 2.08. The first-order valence-electron chi connectivity index (χ1n) is 7.08. The van der Waals surface area contributed by atoms with Crippen LogP contribution in [-0.2, 0) is 4.79 Å². The third kappa shape index (κ3) is 4.21. The number of amides is 1. The molecule has 0 aliphatic carbocycles. The van der Waals surface area contributed by atoms with E-state index in [9.17, 15) is 14.7 Å². The standard InChI is InChI=1S/C18H15N3O3/c1-12(22)13-6-8-15(9-7-13)21-18(24)14(10-19)11-20-16-4-2-3-5-17(16)23/h2-9,11,20,23H,1H3,(H,21,24)/b14-11-. The Hall–Kier alpha value is -3.59. The topological polar surface area (TPSA) is 102 Å². The molecule has 2 rings (SSSR count). The van der Waals surface area contributed by atoms with Gasteiger partial charge in [0.2, 0.25) is 0 Å². The van der Waals surface area contributed by atoms with Crippen LogP contribution < -0.4 is 10.6 Å². The SMILES string of the molecule is CC(=O)c1ccc(NC(=O)/C(C#N)=C\Nc2ccccc2O)cc1. The summed E-state index contributed by atoms with van der Waals surface area (Å²) in [5.41, 5.74) is 1.22. The minimum absolute atomic E-state index is 0.00581. The molecule has 0 saturated heterocycles. The zero-order valence-corrected chi connectivity index (χ0v) is 12.9. The number of hydrogen-bond donors (Lipinski definition) is 3. The van der Waals surface area contributed by atoms with Crippen LogP contribution in [0.1, 0.15) is 17.3 Å². The first-order chi connectivity index (χ1) is 11.5. The number of carbonyl (C=O) groups is 2. The summed E-state index contributed by atoms with van der Waals surface area (Å²) in [4.78, 5) is 23.3. The van der Waals surface area contributed by atoms with Crippen LogP contribution in [0.25, 0.3) is 0 Å². The number of benzene rings is 2. The molecule has 0 unspecified atom stereocenters. The van der Waals surface area contributed by atoms with Crippen molar-refractivity contribution in [3.05, 3.63) is 65.9 Å². The molecule has 2 aromatic carbocycles. The number of ketones is 1. The highest BCUT2D eigenvalue weighted by Crippen LogP contribution is 2.21. The summed E-state index contributed by atoms with van der Waals surface area (Å²) in [6, 6.07) is 14.6. The molecule has 6 heteroatoms. The molecule has 0 atom stereocenters. The zero-order chi connectivity index (χ0) is 17.5. The van der Waals surface area contributed by atoms with Crippen LogP contribution in [0.3, 0.4) is 0 Å². The van der Waals surface area contributed by atoms with E-state index in [0.29, 0.717) is 16.9 Å². The molecule has 120 valence electrons. The lowest BCUT2D eigenvalue weighted by Gasteiger charge is -2.06. The summed E-state index contributed by atoms with van der Waals surface area (Å²) in [6.45, 7) is 1.45. The number of nitrogens with one attached hydrogen (secondary N) is 2. The lowest BCUT2D eigenvalue weighted by molar-refractivity contribution is -0.112. The van der Waals surface area contributed by atoms with Crippen molar-refractivity contribution in [2.45, 2.75) is 6.92 Å². The number of rotatable bonds is 5. The molecule has 0 aliphatic rings. The van der Waals surface area contributed by atoms with E-state index in [1.165, 1.54) is 19.2 Å². The molecule has 6 nitrogen and oxygen atoms in total. The molecule has 2 aromatic rings. The summed E-state index contributed by atoms with van der Waals surface area (Å²) >= 11 is 0. The number of aromatic hydroxyl groups is 1. The van der Waals surface area contributed by atoms with Gasteiger partial charge in [-0.15, -0.1) is 0 Å². The maximum atomic E-state index is 12.1. The largest absolute Gasteiger partial charge is 0.506 e. The fourth-order valence-electron chi connectivity index (χ4n) is 1.88. The summed E-state index contributed by atoms with van der Waals surface area (Å²) < 4.78 is 0. The highest BCUT2D eigenvalue weighted by atomic mass is 16.3. The molecule has 0 bridgehead atoms. The number of nitrogens with zero attached hydrogens (tertiary/aromatic N) is 1. The van der Waals surface area contributed by atoms with Gasteiger partial charge in [0.15, 0.2) is 5.78 Å². The zero-order valence-electron chi connectivity index (χ0n) is 12.9. The Morgan fingerprint density at radius 2 is 1.79 bits per heavy atom. The number of hydrogen-bond acceptors (Lipinski definition) is 5. The van der Waals surface area contributed by atoms with E-state index in [0.717, 1.165) is 0 Å². The lowest BCUT2D eigenvalue weighted by atomic mass is 10.1. The van der Waals surface area contributed by atoms with Crippen LogP contribution in [0.5, 0.6) is 5.75 Å². The number of Topliss-reactive ketones (excluding diaryl/α,β-unsaturated/α-hetero) is 1. The van der Waals surface area contributed by atoms with Crippen molar-refractivity contribution in [1.29, 1.82) is 5.26 Å². The molecule has 0 heterocycles. The molecule has 0 aromatic heterocycles. The van der Waals surface area contributed by atoms with Gasteiger partial charge in [-0.2, -0.15) is 5.26 Å². The number of carbonyl (C=O) groups excluding carboxylic acids is 2. The second-order valence-electron chi connectivity index (χ2n) is 4.92. The average Bonchev–Trinajstić information content (AvgIpc) is 2.57. The molecule has 0 saturated carbocycles. The van der Waals surface area contributed by atoms with Gasteiger partial charge < -0.3 is 15.7 Å². The number of nitriles is 1. The van der Waals surface area contributed by atoms with Crippen LogP contribution >= 0.6 is 0 Å². The van der Waals surface area contributed by atoms with Crippen molar-refractivity contribution in [2.24, 2.45) is 0 Å². The minimum atomic E-state index is -0.601. The molecule has 0 fully saturated rings. The van der Waals surface area contributed by atoms with Gasteiger partial charge in [0, 0.05) is 17.5 Å². The van der Waals surface area contributed by atoms with Crippen molar-refractivity contribution >= 4 is 23.1 Å². The Labute approximate surface area is 139 Å². The third-order valence-electron chi connectivity index (χ3n) is 3.19. The van der Waals surface area contributed by atoms with Crippen molar-refractivity contribution in [3.8, 4) is 11.8 Å². The predicted molar refractivity (Wildman–Crippen MR) is 90.5 cm³/mol. The number of anilines is 2. The quantitative estimate of drug-likeness (QED) is 0.340. The highest BCUT2D eigenvalue weighted by molar-refractivity contribution is 6.07. The Bertz CT molecular complexity index is 833. The molecule has 0 radical (unpaired) electrons. The maximum Gasteiger partial charge on any atom is 0.267 e. The van der Waals surface area contributed by atoms with Gasteiger partial charge in [-0.3, -0.25) is 9.59 Å². The number of para-hydroxylation sites is 2. The van der Waals surface area contributed by atoms with Gasteiger partial charge in [0.1, 0.15) is 17.4 Å². The van der Waals surface area contributed by atoms with E-state index in [4.69, 9.17) is 5.26 Å². The van der Waals surface area contributed by atoms with Crippen molar-refractivity contribution in [3.63, 3.8) is 0 Å². The first-order valence-corrected chi connectivity index (χ1v) is 7.08. The van der Waals surface area contributed by atoms with Crippen LogP contribution in [-0.4, -0.2) is 16.8 Å². The van der Waals surface area contributed by atoms with Crippen molar-refractivity contribution in [2.75, 3.05) is 10.6 Å². The summed E-state index contributed by atoms with van der Waals surface area (Å²) in [6.07, 6.45) is 1.22. The average molecular weight is 321 g/mol. The van der Waals surface area contributed by atoms with Crippen molar-refractivity contribution < 1.29 is 14.7 Å². The van der Waals surface area contributed by atoms with Gasteiger partial charge in [-0.1, -0.05) is 12.1 Å². The van der Waals surface area contributed by atoms with Gasteiger partial charge in [0.25, 0.3) is 5.91 Å². The van der Waals surface area contributed by atoms with Crippen molar-refractivity contribution in [1.82, 2.24) is 0 Å². The van der Waals surface area contributed by atoms with Crippen LogP contribution in [0, 0.1) is 11.3 Å². The Morgan fingerprint density at radius 1 is 1.12 bits per heavy atom. The Kier molecular flexibility index (Phi) is 5.32. The lowest BCUT2D eigenvalue weighted by Crippen LogP contribution is -2.14. The maximum absolute atomic E-state index is 12.1. The normalized spacial score (nSPS) is 10.6. The van der Waals surface area contributed by atoms with Crippen LogP contribution in [0.15, 0.2) is 60.3 Å². The first kappa shape index (κ1) is 16.8. The summed E-state index contributed by atoms with van der Waals surface area (Å²) in [5, 5.41) is 24.0. The molecule has 3 N–H and O–H groups in total. The van der Waals surface area contributed by atoms with E-state index < -0.39 is 5.91 Å².